The number of anilines is 1. The fourth-order valence-electron chi connectivity index (χ4n) is 3.27. The van der Waals surface area contributed by atoms with Gasteiger partial charge in [-0.25, -0.2) is 4.98 Å². The van der Waals surface area contributed by atoms with Crippen LogP contribution in [0.5, 0.6) is 0 Å². The summed E-state index contributed by atoms with van der Waals surface area (Å²) in [4.78, 5) is 12.1. The Hall–Kier alpha value is -2.72. The number of hydrogen-bond donors (Lipinski definition) is 1. The van der Waals surface area contributed by atoms with Gasteiger partial charge >= 0.3 is 0 Å². The number of rotatable bonds is 3. The van der Waals surface area contributed by atoms with Crippen molar-refractivity contribution in [2.45, 2.75) is 18.9 Å². The lowest BCUT2D eigenvalue weighted by molar-refractivity contribution is 0.498. The maximum absolute atomic E-state index is 6.03. The van der Waals surface area contributed by atoms with Crippen LogP contribution in [0.15, 0.2) is 66.9 Å². The highest BCUT2D eigenvalue weighted by Gasteiger charge is 2.19. The van der Waals surface area contributed by atoms with Crippen LogP contribution in [0.2, 0.25) is 0 Å². The van der Waals surface area contributed by atoms with E-state index >= 15 is 0 Å². The highest BCUT2D eigenvalue weighted by molar-refractivity contribution is 5.78. The zero-order valence-corrected chi connectivity index (χ0v) is 14.2. The summed E-state index contributed by atoms with van der Waals surface area (Å²) in [5, 5.41) is 0. The Balaban J connectivity index is 1.78. The zero-order chi connectivity index (χ0) is 17.1. The lowest BCUT2D eigenvalue weighted by Gasteiger charge is -2.31. The van der Waals surface area contributed by atoms with E-state index in [0.29, 0.717) is 6.04 Å². The topological polar surface area (TPSA) is 55.0 Å². The molecule has 0 spiro atoms. The molecule has 0 amide bonds. The quantitative estimate of drug-likeness (QED) is 0.795. The van der Waals surface area contributed by atoms with Gasteiger partial charge < -0.3 is 10.6 Å². The molecule has 0 aliphatic carbocycles. The second-order valence-corrected chi connectivity index (χ2v) is 6.48. The molecule has 2 aromatic carbocycles. The summed E-state index contributed by atoms with van der Waals surface area (Å²) in [7, 11) is 0. The summed E-state index contributed by atoms with van der Waals surface area (Å²) in [5.41, 5.74) is 10.1. The molecule has 1 saturated heterocycles. The molecule has 0 bridgehead atoms. The highest BCUT2D eigenvalue weighted by atomic mass is 15.2. The first kappa shape index (κ1) is 15.8. The Morgan fingerprint density at radius 1 is 0.800 bits per heavy atom. The average Bonchev–Trinajstić information content (AvgIpc) is 2.69. The number of aromatic nitrogens is 2. The van der Waals surface area contributed by atoms with Gasteiger partial charge in [-0.15, -0.1) is 0 Å². The van der Waals surface area contributed by atoms with E-state index in [1.807, 2.05) is 42.6 Å². The van der Waals surface area contributed by atoms with Crippen LogP contribution in [-0.4, -0.2) is 29.1 Å². The molecule has 1 aromatic heterocycles. The molecule has 0 radical (unpaired) electrons. The minimum Gasteiger partial charge on any atom is -0.355 e. The third-order valence-corrected chi connectivity index (χ3v) is 4.72. The number of nitrogens with zero attached hydrogens (tertiary/aromatic N) is 3. The van der Waals surface area contributed by atoms with Crippen molar-refractivity contribution in [3.05, 3.63) is 66.9 Å². The molecule has 25 heavy (non-hydrogen) atoms. The molecular formula is C21H22N4. The van der Waals surface area contributed by atoms with Gasteiger partial charge in [0.1, 0.15) is 5.82 Å². The van der Waals surface area contributed by atoms with Gasteiger partial charge in [-0.05, 0) is 12.8 Å². The normalized spacial score (nSPS) is 15.3. The van der Waals surface area contributed by atoms with E-state index in [1.165, 1.54) is 0 Å². The average molecular weight is 330 g/mol. The van der Waals surface area contributed by atoms with Gasteiger partial charge in [-0.2, -0.15) is 0 Å². The molecule has 0 atom stereocenters. The number of hydrogen-bond acceptors (Lipinski definition) is 4. The zero-order valence-electron chi connectivity index (χ0n) is 14.2. The van der Waals surface area contributed by atoms with Gasteiger partial charge in [-0.1, -0.05) is 60.7 Å². The molecule has 2 heterocycles. The van der Waals surface area contributed by atoms with Gasteiger partial charge in [0, 0.05) is 30.3 Å². The first-order valence-corrected chi connectivity index (χ1v) is 8.79. The summed E-state index contributed by atoms with van der Waals surface area (Å²) < 4.78 is 0. The molecule has 126 valence electrons. The molecule has 0 saturated carbocycles. The van der Waals surface area contributed by atoms with E-state index in [4.69, 9.17) is 15.7 Å². The highest BCUT2D eigenvalue weighted by Crippen LogP contribution is 2.30. The maximum Gasteiger partial charge on any atom is 0.147 e. The van der Waals surface area contributed by atoms with E-state index in [1.54, 1.807) is 0 Å². The molecule has 2 N–H and O–H groups in total. The maximum atomic E-state index is 6.03. The predicted molar refractivity (Wildman–Crippen MR) is 102 cm³/mol. The molecule has 3 aromatic rings. The molecule has 4 nitrogen and oxygen atoms in total. The van der Waals surface area contributed by atoms with Gasteiger partial charge in [0.25, 0.3) is 0 Å². The van der Waals surface area contributed by atoms with E-state index in [0.717, 1.165) is 54.3 Å². The van der Waals surface area contributed by atoms with Crippen LogP contribution in [-0.2, 0) is 0 Å². The van der Waals surface area contributed by atoms with Crippen LogP contribution < -0.4 is 10.6 Å². The van der Waals surface area contributed by atoms with Crippen molar-refractivity contribution < 1.29 is 0 Å². The first-order chi connectivity index (χ1) is 12.3. The fraction of sp³-hybridized carbons (Fsp3) is 0.238. The summed E-state index contributed by atoms with van der Waals surface area (Å²) in [5.74, 6) is 0.936. The smallest absolute Gasteiger partial charge is 0.147 e. The van der Waals surface area contributed by atoms with Crippen LogP contribution in [0, 0.1) is 0 Å². The molecular weight excluding hydrogens is 308 g/mol. The first-order valence-electron chi connectivity index (χ1n) is 8.79. The monoisotopic (exact) mass is 330 g/mol. The SMILES string of the molecule is NC1CCN(c2cnc(-c3ccccc3)c(-c3ccccc3)n2)CC1. The van der Waals surface area contributed by atoms with E-state index in [2.05, 4.69) is 29.2 Å². The summed E-state index contributed by atoms with van der Waals surface area (Å²) in [6, 6.07) is 20.8. The standard InChI is InChI=1S/C21H22N4/c22-18-11-13-25(14-12-18)19-15-23-20(16-7-3-1-4-8-16)21(24-19)17-9-5-2-6-10-17/h1-10,15,18H,11-14,22H2. The fourth-order valence-corrected chi connectivity index (χ4v) is 3.27. The Bertz CT molecular complexity index is 825. The van der Waals surface area contributed by atoms with Crippen molar-refractivity contribution in [2.75, 3.05) is 18.0 Å². The second-order valence-electron chi connectivity index (χ2n) is 6.48. The Labute approximate surface area is 148 Å². The molecule has 4 heteroatoms. The minimum atomic E-state index is 0.307. The second kappa shape index (κ2) is 7.03. The van der Waals surface area contributed by atoms with Crippen molar-refractivity contribution in [3.8, 4) is 22.5 Å². The Morgan fingerprint density at radius 3 is 1.96 bits per heavy atom. The summed E-state index contributed by atoms with van der Waals surface area (Å²) in [6.45, 7) is 1.88. The lowest BCUT2D eigenvalue weighted by Crippen LogP contribution is -2.40. The lowest BCUT2D eigenvalue weighted by atomic mass is 10.0. The number of piperidine rings is 1. The van der Waals surface area contributed by atoms with Gasteiger partial charge in [0.2, 0.25) is 0 Å². The van der Waals surface area contributed by atoms with E-state index in [9.17, 15) is 0 Å². The molecule has 4 rings (SSSR count). The van der Waals surface area contributed by atoms with Crippen LogP contribution in [0.25, 0.3) is 22.5 Å². The summed E-state index contributed by atoms with van der Waals surface area (Å²) >= 11 is 0. The van der Waals surface area contributed by atoms with Crippen molar-refractivity contribution >= 4 is 5.82 Å². The number of nitrogens with two attached hydrogens (primary N) is 1. The third kappa shape index (κ3) is 3.39. The molecule has 1 aliphatic heterocycles. The molecule has 0 unspecified atom stereocenters. The van der Waals surface area contributed by atoms with Crippen LogP contribution in [0.1, 0.15) is 12.8 Å². The largest absolute Gasteiger partial charge is 0.355 e. The van der Waals surface area contributed by atoms with Gasteiger partial charge in [0.15, 0.2) is 0 Å². The summed E-state index contributed by atoms with van der Waals surface area (Å²) in [6.07, 6.45) is 3.90. The molecule has 1 aliphatic rings. The van der Waals surface area contributed by atoms with E-state index < -0.39 is 0 Å². The van der Waals surface area contributed by atoms with Crippen molar-refractivity contribution in [1.29, 1.82) is 0 Å². The third-order valence-electron chi connectivity index (χ3n) is 4.72. The van der Waals surface area contributed by atoms with Crippen LogP contribution in [0.3, 0.4) is 0 Å². The van der Waals surface area contributed by atoms with Crippen molar-refractivity contribution in [2.24, 2.45) is 5.73 Å². The van der Waals surface area contributed by atoms with E-state index in [-0.39, 0.29) is 0 Å². The van der Waals surface area contributed by atoms with Crippen molar-refractivity contribution in [1.82, 2.24) is 9.97 Å². The predicted octanol–water partition coefficient (Wildman–Crippen LogP) is 3.74. The van der Waals surface area contributed by atoms with Crippen LogP contribution in [0.4, 0.5) is 5.82 Å². The molecule has 1 fully saturated rings. The van der Waals surface area contributed by atoms with Gasteiger partial charge in [0.05, 0.1) is 17.6 Å². The Morgan fingerprint density at radius 2 is 1.36 bits per heavy atom. The Kier molecular flexibility index (Phi) is 4.44. The number of benzene rings is 2. The van der Waals surface area contributed by atoms with Gasteiger partial charge in [-0.3, -0.25) is 4.98 Å². The van der Waals surface area contributed by atoms with Crippen molar-refractivity contribution in [3.63, 3.8) is 0 Å². The minimum absolute atomic E-state index is 0.307. The van der Waals surface area contributed by atoms with Crippen LogP contribution >= 0.6 is 0 Å².